The van der Waals surface area contributed by atoms with Crippen molar-refractivity contribution >= 4 is 47.5 Å². The summed E-state index contributed by atoms with van der Waals surface area (Å²) in [6, 6.07) is -5.26. The predicted octanol–water partition coefficient (Wildman–Crippen LogP) is -4.91. The van der Waals surface area contributed by atoms with Crippen molar-refractivity contribution < 1.29 is 39.0 Å². The first-order chi connectivity index (χ1) is 19.1. The lowest BCUT2D eigenvalue weighted by Crippen LogP contribution is -2.57. The molecule has 4 atom stereocenters. The lowest BCUT2D eigenvalue weighted by Gasteiger charge is -2.25. The van der Waals surface area contributed by atoms with E-state index in [1.54, 1.807) is 0 Å². The zero-order valence-corrected chi connectivity index (χ0v) is 22.6. The van der Waals surface area contributed by atoms with Gasteiger partial charge in [0.15, 0.2) is 11.9 Å². The molecule has 0 bridgehead atoms. The summed E-state index contributed by atoms with van der Waals surface area (Å²) >= 11 is 0. The highest BCUT2D eigenvalue weighted by Crippen LogP contribution is 2.07. The predicted molar refractivity (Wildman–Crippen MR) is 147 cm³/mol. The minimum Gasteiger partial charge on any atom is -0.481 e. The molecule has 232 valence electrons. The molecule has 19 nitrogen and oxygen atoms in total. The number of guanidine groups is 2. The number of carbonyl (C=O) groups is 6. The van der Waals surface area contributed by atoms with Crippen LogP contribution in [0, 0.1) is 0 Å². The van der Waals surface area contributed by atoms with Crippen molar-refractivity contribution in [3.63, 3.8) is 0 Å². The van der Waals surface area contributed by atoms with E-state index in [0.717, 1.165) is 0 Å². The van der Waals surface area contributed by atoms with E-state index in [0.29, 0.717) is 0 Å². The molecule has 0 radical (unpaired) electrons. The van der Waals surface area contributed by atoms with Crippen molar-refractivity contribution in [2.45, 2.75) is 75.5 Å². The second-order valence-corrected chi connectivity index (χ2v) is 8.96. The number of carboxylic acid groups (broad SMARTS) is 2. The molecule has 4 unspecified atom stereocenters. The Morgan fingerprint density at radius 3 is 1.44 bits per heavy atom. The van der Waals surface area contributed by atoms with Crippen molar-refractivity contribution in [2.24, 2.45) is 44.4 Å². The molecular weight excluding hydrogens is 546 g/mol. The molecule has 0 spiro atoms. The van der Waals surface area contributed by atoms with Gasteiger partial charge in [-0.05, 0) is 38.5 Å². The second-order valence-electron chi connectivity index (χ2n) is 8.96. The molecule has 0 aliphatic rings. The average Bonchev–Trinajstić information content (AvgIpc) is 2.87. The van der Waals surface area contributed by atoms with Crippen molar-refractivity contribution in [1.82, 2.24) is 16.0 Å². The van der Waals surface area contributed by atoms with E-state index in [1.807, 2.05) is 0 Å². The van der Waals surface area contributed by atoms with E-state index in [1.165, 1.54) is 0 Å². The maximum atomic E-state index is 13.2. The van der Waals surface area contributed by atoms with Crippen LogP contribution in [0.4, 0.5) is 0 Å². The molecule has 0 rings (SSSR count). The monoisotopic (exact) mass is 587 g/mol. The van der Waals surface area contributed by atoms with Crippen LogP contribution in [0.25, 0.3) is 0 Å². The quantitative estimate of drug-likeness (QED) is 0.0341. The highest BCUT2D eigenvalue weighted by Gasteiger charge is 2.30. The SMILES string of the molecule is NC(=O)CCC(N)C(=O)NC(CCCN=C(N)N)C(=O)NC(CCCN=C(N)N)C(=O)NC(CCC(=O)O)C(=O)O. The minimum atomic E-state index is -1.55. The zero-order valence-electron chi connectivity index (χ0n) is 22.6. The van der Waals surface area contributed by atoms with Gasteiger partial charge in [0.25, 0.3) is 0 Å². The van der Waals surface area contributed by atoms with Crippen molar-refractivity contribution in [1.29, 1.82) is 0 Å². The summed E-state index contributed by atoms with van der Waals surface area (Å²) in [6.45, 7) is 0.193. The van der Waals surface area contributed by atoms with Crippen LogP contribution in [0.5, 0.6) is 0 Å². The maximum absolute atomic E-state index is 13.2. The van der Waals surface area contributed by atoms with E-state index >= 15 is 0 Å². The molecule has 0 aliphatic heterocycles. The van der Waals surface area contributed by atoms with Gasteiger partial charge >= 0.3 is 11.9 Å². The Kier molecular flexibility index (Phi) is 17.2. The van der Waals surface area contributed by atoms with Crippen LogP contribution in [0.3, 0.4) is 0 Å². The van der Waals surface area contributed by atoms with E-state index in [4.69, 9.17) is 39.5 Å². The molecule has 4 amide bonds. The standard InChI is InChI=1S/C22H41N11O8/c23-11(5-7-15(24)34)17(37)31-12(3-1-9-29-21(25)26)18(38)32-13(4-2-10-30-22(27)28)19(39)33-14(20(40)41)6-8-16(35)36/h11-14H,1-10,23H2,(H2,24,34)(H,31,37)(H,32,38)(H,33,39)(H,35,36)(H,40,41)(H4,25,26,29)(H4,27,28,30). The number of amides is 4. The molecule has 0 saturated carbocycles. The topological polar surface area (TPSA) is 360 Å². The molecule has 0 aromatic heterocycles. The lowest BCUT2D eigenvalue weighted by atomic mass is 10.0. The largest absolute Gasteiger partial charge is 0.481 e. The number of nitrogens with two attached hydrogens (primary N) is 6. The van der Waals surface area contributed by atoms with Gasteiger partial charge in [-0.15, -0.1) is 0 Å². The van der Waals surface area contributed by atoms with Gasteiger partial charge in [-0.25, -0.2) is 4.79 Å². The summed E-state index contributed by atoms with van der Waals surface area (Å²) in [5.74, 6) is -6.28. The number of hydrogen-bond acceptors (Lipinski definition) is 9. The Morgan fingerprint density at radius 2 is 1.05 bits per heavy atom. The molecule has 17 N–H and O–H groups in total. The zero-order chi connectivity index (χ0) is 31.5. The molecule has 19 heteroatoms. The van der Waals surface area contributed by atoms with Gasteiger partial charge in [-0.3, -0.25) is 34.0 Å². The number of nitrogens with one attached hydrogen (secondary N) is 3. The molecule has 0 saturated heterocycles. The Bertz CT molecular complexity index is 981. The minimum absolute atomic E-state index is 0.00952. The second kappa shape index (κ2) is 19.4. The third kappa shape index (κ3) is 17.5. The number of aliphatic carboxylic acids is 2. The summed E-state index contributed by atoms with van der Waals surface area (Å²) in [6.07, 6.45) is -0.807. The Balaban J connectivity index is 5.80. The van der Waals surface area contributed by atoms with Crippen molar-refractivity contribution in [2.75, 3.05) is 13.1 Å². The van der Waals surface area contributed by atoms with Gasteiger partial charge in [-0.1, -0.05) is 0 Å². The maximum Gasteiger partial charge on any atom is 0.326 e. The summed E-state index contributed by atoms with van der Waals surface area (Å²) in [4.78, 5) is 79.8. The number of hydrogen-bond donors (Lipinski definition) is 11. The first kappa shape index (κ1) is 36.3. The molecule has 0 fully saturated rings. The van der Waals surface area contributed by atoms with Gasteiger partial charge < -0.3 is 60.6 Å². The molecule has 41 heavy (non-hydrogen) atoms. The number of nitrogens with zero attached hydrogens (tertiary/aromatic N) is 2. The number of carbonyl (C=O) groups excluding carboxylic acids is 4. The van der Waals surface area contributed by atoms with Crippen LogP contribution in [0.15, 0.2) is 9.98 Å². The fraction of sp³-hybridized carbons (Fsp3) is 0.636. The number of aliphatic imine (C=N–C) groups is 2. The van der Waals surface area contributed by atoms with Gasteiger partial charge in [0.05, 0.1) is 6.04 Å². The Morgan fingerprint density at radius 1 is 0.610 bits per heavy atom. The van der Waals surface area contributed by atoms with Crippen LogP contribution < -0.4 is 50.4 Å². The molecular formula is C22H41N11O8. The third-order valence-electron chi connectivity index (χ3n) is 5.46. The lowest BCUT2D eigenvalue weighted by molar-refractivity contribution is -0.143. The summed E-state index contributed by atoms with van der Waals surface area (Å²) in [5, 5.41) is 25.4. The fourth-order valence-electron chi connectivity index (χ4n) is 3.32. The summed E-state index contributed by atoms with van der Waals surface area (Å²) in [7, 11) is 0. The molecule has 0 heterocycles. The van der Waals surface area contributed by atoms with E-state index < -0.39 is 72.6 Å². The first-order valence-electron chi connectivity index (χ1n) is 12.6. The Hall–Kier alpha value is -4.68. The smallest absolute Gasteiger partial charge is 0.326 e. The number of rotatable bonds is 21. The van der Waals surface area contributed by atoms with Crippen molar-refractivity contribution in [3.05, 3.63) is 0 Å². The molecule has 0 aromatic rings. The summed E-state index contributed by atoms with van der Waals surface area (Å²) < 4.78 is 0. The van der Waals surface area contributed by atoms with Crippen LogP contribution in [-0.4, -0.2) is 95.0 Å². The number of primary amides is 1. The van der Waals surface area contributed by atoms with Crippen molar-refractivity contribution in [3.8, 4) is 0 Å². The van der Waals surface area contributed by atoms with Crippen LogP contribution in [0.2, 0.25) is 0 Å². The molecule has 0 aliphatic carbocycles. The van der Waals surface area contributed by atoms with E-state index in [-0.39, 0.29) is 63.5 Å². The van der Waals surface area contributed by atoms with Crippen LogP contribution in [-0.2, 0) is 28.8 Å². The highest BCUT2D eigenvalue weighted by molar-refractivity contribution is 5.94. The fourth-order valence-corrected chi connectivity index (χ4v) is 3.32. The van der Waals surface area contributed by atoms with Gasteiger partial charge in [0.2, 0.25) is 23.6 Å². The normalized spacial score (nSPS) is 13.4. The van der Waals surface area contributed by atoms with Crippen LogP contribution >= 0.6 is 0 Å². The van der Waals surface area contributed by atoms with Gasteiger partial charge in [0.1, 0.15) is 18.1 Å². The highest BCUT2D eigenvalue weighted by atomic mass is 16.4. The number of carboxylic acids is 2. The van der Waals surface area contributed by atoms with Gasteiger partial charge in [-0.2, -0.15) is 0 Å². The average molecular weight is 588 g/mol. The Labute approximate surface area is 235 Å². The van der Waals surface area contributed by atoms with Crippen LogP contribution in [0.1, 0.15) is 51.4 Å². The van der Waals surface area contributed by atoms with Gasteiger partial charge in [0, 0.05) is 25.9 Å². The van der Waals surface area contributed by atoms with E-state index in [9.17, 15) is 33.9 Å². The first-order valence-corrected chi connectivity index (χ1v) is 12.6. The summed E-state index contributed by atoms with van der Waals surface area (Å²) in [5.41, 5.74) is 32.1. The third-order valence-corrected chi connectivity index (χ3v) is 5.46. The van der Waals surface area contributed by atoms with E-state index in [2.05, 4.69) is 25.9 Å². The molecule has 0 aromatic carbocycles.